The minimum Gasteiger partial charge on any atom is -0.454 e. The topological polar surface area (TPSA) is 66.2 Å². The van der Waals surface area contributed by atoms with Crippen molar-refractivity contribution in [2.24, 2.45) is 0 Å². The van der Waals surface area contributed by atoms with Crippen LogP contribution in [-0.2, 0) is 6.54 Å². The van der Waals surface area contributed by atoms with Crippen molar-refractivity contribution >= 4 is 21.7 Å². The van der Waals surface area contributed by atoms with E-state index in [9.17, 15) is 4.79 Å². The second-order valence-corrected chi connectivity index (χ2v) is 7.75. The van der Waals surface area contributed by atoms with Crippen LogP contribution in [0.2, 0.25) is 0 Å². The first-order valence-electron chi connectivity index (χ1n) is 9.37. The van der Waals surface area contributed by atoms with Gasteiger partial charge < -0.3 is 9.47 Å². The maximum absolute atomic E-state index is 13.3. The number of halogens is 1. The minimum absolute atomic E-state index is 0.186. The summed E-state index contributed by atoms with van der Waals surface area (Å²) in [6, 6.07) is 22.7. The van der Waals surface area contributed by atoms with Crippen molar-refractivity contribution in [2.75, 3.05) is 6.79 Å². The van der Waals surface area contributed by atoms with E-state index in [1.54, 1.807) is 16.8 Å². The Hall–Kier alpha value is -3.45. The predicted octanol–water partition coefficient (Wildman–Crippen LogP) is 4.72. The second-order valence-electron chi connectivity index (χ2n) is 6.83. The van der Waals surface area contributed by atoms with Crippen molar-refractivity contribution in [1.29, 1.82) is 0 Å². The summed E-state index contributed by atoms with van der Waals surface area (Å²) in [7, 11) is 0. The summed E-state index contributed by atoms with van der Waals surface area (Å²) >= 11 is 3.40. The van der Waals surface area contributed by atoms with Gasteiger partial charge in [0.15, 0.2) is 17.2 Å². The average molecular weight is 462 g/mol. The number of aromatic nitrogens is 3. The first kappa shape index (κ1) is 18.6. The first-order chi connectivity index (χ1) is 14.7. The zero-order valence-electron chi connectivity index (χ0n) is 15.8. The van der Waals surface area contributed by atoms with Gasteiger partial charge in [-0.1, -0.05) is 51.5 Å². The lowest BCUT2D eigenvalue weighted by atomic mass is 10.0. The van der Waals surface area contributed by atoms with Gasteiger partial charge >= 0.3 is 0 Å². The lowest BCUT2D eigenvalue weighted by Crippen LogP contribution is -2.07. The quantitative estimate of drug-likeness (QED) is 0.402. The maximum Gasteiger partial charge on any atom is 0.231 e. The van der Waals surface area contributed by atoms with Crippen LogP contribution in [0.25, 0.3) is 11.3 Å². The number of benzene rings is 3. The summed E-state index contributed by atoms with van der Waals surface area (Å²) in [5.41, 5.74) is 3.34. The van der Waals surface area contributed by atoms with E-state index in [-0.39, 0.29) is 12.6 Å². The predicted molar refractivity (Wildman–Crippen MR) is 115 cm³/mol. The number of ketones is 1. The van der Waals surface area contributed by atoms with Gasteiger partial charge in [0.2, 0.25) is 12.6 Å². The number of nitrogens with zero attached hydrogens (tertiary/aromatic N) is 3. The highest BCUT2D eigenvalue weighted by atomic mass is 79.9. The van der Waals surface area contributed by atoms with Crippen molar-refractivity contribution in [3.8, 4) is 22.8 Å². The molecule has 0 spiro atoms. The zero-order chi connectivity index (χ0) is 20.5. The molecule has 0 aliphatic carbocycles. The molecular formula is C23H16BrN3O3. The zero-order valence-corrected chi connectivity index (χ0v) is 17.4. The van der Waals surface area contributed by atoms with Crippen LogP contribution in [0.4, 0.5) is 0 Å². The van der Waals surface area contributed by atoms with Gasteiger partial charge in [0.25, 0.3) is 0 Å². The van der Waals surface area contributed by atoms with E-state index in [1.165, 1.54) is 0 Å². The Labute approximate surface area is 181 Å². The van der Waals surface area contributed by atoms with E-state index in [0.717, 1.165) is 15.6 Å². The lowest BCUT2D eigenvalue weighted by Gasteiger charge is -2.09. The molecule has 6 nitrogen and oxygen atoms in total. The Morgan fingerprint density at radius 2 is 1.73 bits per heavy atom. The molecule has 0 atom stereocenters. The van der Waals surface area contributed by atoms with E-state index < -0.39 is 0 Å². The summed E-state index contributed by atoms with van der Waals surface area (Å²) < 4.78 is 13.6. The lowest BCUT2D eigenvalue weighted by molar-refractivity contribution is 0.103. The summed E-state index contributed by atoms with van der Waals surface area (Å²) in [6.07, 6.45) is 0. The Morgan fingerprint density at radius 3 is 2.53 bits per heavy atom. The highest BCUT2D eigenvalue weighted by Gasteiger charge is 2.24. The first-order valence-corrected chi connectivity index (χ1v) is 10.2. The molecule has 4 aromatic rings. The molecule has 5 rings (SSSR count). The summed E-state index contributed by atoms with van der Waals surface area (Å²) in [5.74, 6) is 1.14. The largest absolute Gasteiger partial charge is 0.454 e. The fraction of sp³-hybridized carbons (Fsp3) is 0.0870. The molecule has 0 N–H and O–H groups in total. The van der Waals surface area contributed by atoms with Gasteiger partial charge in [0.05, 0.1) is 6.54 Å². The third-order valence-corrected chi connectivity index (χ3v) is 5.41. The van der Waals surface area contributed by atoms with Crippen molar-refractivity contribution < 1.29 is 14.3 Å². The molecule has 0 bridgehead atoms. The molecule has 0 amide bonds. The fourth-order valence-corrected chi connectivity index (χ4v) is 3.66. The number of fused-ring (bicyclic) bond motifs is 1. The van der Waals surface area contributed by atoms with Crippen LogP contribution in [0.5, 0.6) is 11.5 Å². The standard InChI is InChI=1S/C23H16BrN3O3/c24-18-9-6-16(7-10-18)23(28)21-22(17-8-11-19-20(12-17)30-14-29-19)27(26-25-21)13-15-4-2-1-3-5-15/h1-12H,13-14H2. The molecule has 0 saturated heterocycles. The molecule has 0 saturated carbocycles. The summed E-state index contributed by atoms with van der Waals surface area (Å²) in [6.45, 7) is 0.677. The van der Waals surface area contributed by atoms with Crippen LogP contribution >= 0.6 is 15.9 Å². The molecular weight excluding hydrogens is 446 g/mol. The van der Waals surface area contributed by atoms with Crippen LogP contribution in [0.15, 0.2) is 77.3 Å². The van der Waals surface area contributed by atoms with Crippen molar-refractivity contribution in [3.05, 3.63) is 94.1 Å². The van der Waals surface area contributed by atoms with E-state index in [1.807, 2.05) is 60.7 Å². The smallest absolute Gasteiger partial charge is 0.231 e. The molecule has 30 heavy (non-hydrogen) atoms. The van der Waals surface area contributed by atoms with Gasteiger partial charge in [-0.3, -0.25) is 4.79 Å². The van der Waals surface area contributed by atoms with Gasteiger partial charge in [-0.05, 0) is 48.0 Å². The Morgan fingerprint density at radius 1 is 0.967 bits per heavy atom. The van der Waals surface area contributed by atoms with Crippen molar-refractivity contribution in [1.82, 2.24) is 15.0 Å². The molecule has 3 aromatic carbocycles. The van der Waals surface area contributed by atoms with Crippen molar-refractivity contribution in [2.45, 2.75) is 6.54 Å². The number of rotatable bonds is 5. The Balaban J connectivity index is 1.62. The number of carbonyl (C=O) groups excluding carboxylic acids is 1. The van der Waals surface area contributed by atoms with E-state index >= 15 is 0 Å². The highest BCUT2D eigenvalue weighted by molar-refractivity contribution is 9.10. The molecule has 0 radical (unpaired) electrons. The fourth-order valence-electron chi connectivity index (χ4n) is 3.40. The van der Waals surface area contributed by atoms with Crippen LogP contribution < -0.4 is 9.47 Å². The Kier molecular flexibility index (Phi) is 4.80. The maximum atomic E-state index is 13.3. The molecule has 7 heteroatoms. The third kappa shape index (κ3) is 3.48. The summed E-state index contributed by atoms with van der Waals surface area (Å²) in [5, 5.41) is 8.57. The number of carbonyl (C=O) groups is 1. The molecule has 1 aliphatic rings. The van der Waals surface area contributed by atoms with E-state index in [4.69, 9.17) is 9.47 Å². The number of hydrogen-bond donors (Lipinski definition) is 0. The average Bonchev–Trinajstić information content (AvgIpc) is 3.41. The highest BCUT2D eigenvalue weighted by Crippen LogP contribution is 2.37. The van der Waals surface area contributed by atoms with Gasteiger partial charge in [-0.25, -0.2) is 4.68 Å². The van der Waals surface area contributed by atoms with Crippen molar-refractivity contribution in [3.63, 3.8) is 0 Å². The van der Waals surface area contributed by atoms with E-state index in [0.29, 0.717) is 35.0 Å². The number of ether oxygens (including phenoxy) is 2. The number of hydrogen-bond acceptors (Lipinski definition) is 5. The minimum atomic E-state index is -0.186. The molecule has 0 unspecified atom stereocenters. The van der Waals surface area contributed by atoms with Crippen LogP contribution in [-0.4, -0.2) is 27.6 Å². The summed E-state index contributed by atoms with van der Waals surface area (Å²) in [4.78, 5) is 13.3. The van der Waals surface area contributed by atoms with Crippen LogP contribution in [0.1, 0.15) is 21.6 Å². The SMILES string of the molecule is O=C(c1ccc(Br)cc1)c1nnn(Cc2ccccc2)c1-c1ccc2c(c1)OCO2. The monoisotopic (exact) mass is 461 g/mol. The Bertz CT molecular complexity index is 1220. The molecule has 0 fully saturated rings. The van der Waals surface area contributed by atoms with Crippen LogP contribution in [0.3, 0.4) is 0 Å². The molecule has 1 aromatic heterocycles. The van der Waals surface area contributed by atoms with Gasteiger partial charge in [0, 0.05) is 15.6 Å². The van der Waals surface area contributed by atoms with Gasteiger partial charge in [0.1, 0.15) is 5.69 Å². The van der Waals surface area contributed by atoms with Gasteiger partial charge in [-0.15, -0.1) is 5.10 Å². The normalized spacial score (nSPS) is 12.2. The molecule has 2 heterocycles. The van der Waals surface area contributed by atoms with Crippen LogP contribution in [0, 0.1) is 0 Å². The second kappa shape index (κ2) is 7.76. The molecule has 1 aliphatic heterocycles. The third-order valence-electron chi connectivity index (χ3n) is 4.88. The van der Waals surface area contributed by atoms with E-state index in [2.05, 4.69) is 26.2 Å². The molecule has 148 valence electrons. The van der Waals surface area contributed by atoms with Gasteiger partial charge in [-0.2, -0.15) is 0 Å².